The Morgan fingerprint density at radius 2 is 1.93 bits per heavy atom. The number of nitrogens with zero attached hydrogens (tertiary/aromatic N) is 2. The fraction of sp³-hybridized carbons (Fsp3) is 0.478. The van der Waals surface area contributed by atoms with Crippen LogP contribution in [0.4, 0.5) is 11.6 Å². The van der Waals surface area contributed by atoms with Gasteiger partial charge in [-0.15, -0.1) is 11.3 Å². The van der Waals surface area contributed by atoms with Crippen LogP contribution >= 0.6 is 11.3 Å². The molecular weight excluding hydrogens is 380 g/mol. The Bertz CT molecular complexity index is 980. The van der Waals surface area contributed by atoms with Gasteiger partial charge in [-0.05, 0) is 74.6 Å². The molecule has 5 nitrogen and oxygen atoms in total. The highest BCUT2D eigenvalue weighted by Crippen LogP contribution is 2.39. The van der Waals surface area contributed by atoms with Gasteiger partial charge in [-0.1, -0.05) is 12.1 Å². The van der Waals surface area contributed by atoms with E-state index in [4.69, 9.17) is 9.97 Å². The highest BCUT2D eigenvalue weighted by molar-refractivity contribution is 7.21. The van der Waals surface area contributed by atoms with Crippen molar-refractivity contribution in [2.75, 3.05) is 23.8 Å². The Balaban J connectivity index is 1.50. The lowest BCUT2D eigenvalue weighted by atomic mass is 10.1. The van der Waals surface area contributed by atoms with Gasteiger partial charge in [0.25, 0.3) is 0 Å². The van der Waals surface area contributed by atoms with Crippen molar-refractivity contribution in [2.45, 2.75) is 45.1 Å². The van der Waals surface area contributed by atoms with Gasteiger partial charge in [0, 0.05) is 19.2 Å². The Labute approximate surface area is 175 Å². The largest absolute Gasteiger partial charge is 0.396 e. The first kappa shape index (κ1) is 18.8. The SMILES string of the molecule is Cc1cc(NCC2CC2)nc(NC2CCC(CO)C2)c1-c1nc2ccccc2s1. The molecule has 2 heterocycles. The number of aliphatic hydroxyl groups is 1. The van der Waals surface area contributed by atoms with Crippen LogP contribution in [0.15, 0.2) is 30.3 Å². The number of aromatic nitrogens is 2. The van der Waals surface area contributed by atoms with E-state index in [-0.39, 0.29) is 6.61 Å². The zero-order valence-electron chi connectivity index (χ0n) is 16.8. The average molecular weight is 409 g/mol. The van der Waals surface area contributed by atoms with Crippen molar-refractivity contribution in [3.8, 4) is 10.6 Å². The number of pyridine rings is 1. The summed E-state index contributed by atoms with van der Waals surface area (Å²) in [6.45, 7) is 3.43. The van der Waals surface area contributed by atoms with E-state index in [9.17, 15) is 5.11 Å². The lowest BCUT2D eigenvalue weighted by Crippen LogP contribution is -2.19. The topological polar surface area (TPSA) is 70.1 Å². The van der Waals surface area contributed by atoms with E-state index in [2.05, 4.69) is 41.8 Å². The monoisotopic (exact) mass is 408 g/mol. The third-order valence-electron chi connectivity index (χ3n) is 6.13. The standard InChI is InChI=1S/C23H28N4OS/c1-14-10-20(24-12-15-6-7-15)27-22(25-17-9-8-16(11-17)13-28)21(14)23-26-18-4-2-3-5-19(18)29-23/h2-5,10,15-17,28H,6-9,11-13H2,1H3,(H2,24,25,27). The van der Waals surface area contributed by atoms with Crippen molar-refractivity contribution in [1.29, 1.82) is 0 Å². The van der Waals surface area contributed by atoms with Gasteiger partial charge in [-0.2, -0.15) is 0 Å². The quantitative estimate of drug-likeness (QED) is 0.510. The molecule has 2 fully saturated rings. The third-order valence-corrected chi connectivity index (χ3v) is 7.19. The van der Waals surface area contributed by atoms with Gasteiger partial charge in [-0.3, -0.25) is 0 Å². The molecule has 0 aliphatic heterocycles. The molecule has 2 atom stereocenters. The van der Waals surface area contributed by atoms with Crippen LogP contribution in [0.5, 0.6) is 0 Å². The number of aliphatic hydroxyl groups excluding tert-OH is 1. The molecule has 0 saturated heterocycles. The number of aryl methyl sites for hydroxylation is 1. The first-order chi connectivity index (χ1) is 14.2. The highest BCUT2D eigenvalue weighted by atomic mass is 32.1. The zero-order valence-corrected chi connectivity index (χ0v) is 17.6. The van der Waals surface area contributed by atoms with Gasteiger partial charge < -0.3 is 15.7 Å². The Hall–Kier alpha value is -2.18. The van der Waals surface area contributed by atoms with E-state index in [1.165, 1.54) is 23.1 Å². The van der Waals surface area contributed by atoms with Gasteiger partial charge in [0.15, 0.2) is 0 Å². The van der Waals surface area contributed by atoms with Crippen LogP contribution in [0.25, 0.3) is 20.8 Å². The van der Waals surface area contributed by atoms with Crippen molar-refractivity contribution < 1.29 is 5.11 Å². The molecule has 0 bridgehead atoms. The van der Waals surface area contributed by atoms with Crippen LogP contribution in [0.3, 0.4) is 0 Å². The summed E-state index contributed by atoms with van der Waals surface area (Å²) in [7, 11) is 0. The van der Waals surface area contributed by atoms with Crippen LogP contribution in [-0.2, 0) is 0 Å². The maximum atomic E-state index is 9.52. The van der Waals surface area contributed by atoms with E-state index < -0.39 is 0 Å². The summed E-state index contributed by atoms with van der Waals surface area (Å²) in [5.74, 6) is 3.07. The minimum atomic E-state index is 0.276. The van der Waals surface area contributed by atoms with Gasteiger partial charge in [0.2, 0.25) is 0 Å². The lowest BCUT2D eigenvalue weighted by Gasteiger charge is -2.19. The number of hydrogen-bond donors (Lipinski definition) is 3. The molecule has 2 aliphatic carbocycles. The second-order valence-corrected chi connectivity index (χ2v) is 9.59. The highest BCUT2D eigenvalue weighted by Gasteiger charge is 2.27. The van der Waals surface area contributed by atoms with Crippen molar-refractivity contribution in [3.05, 3.63) is 35.9 Å². The summed E-state index contributed by atoms with van der Waals surface area (Å²) in [5.41, 5.74) is 3.34. The number of hydrogen-bond acceptors (Lipinski definition) is 6. The number of anilines is 2. The molecule has 0 radical (unpaired) electrons. The Morgan fingerprint density at radius 1 is 1.10 bits per heavy atom. The predicted octanol–water partition coefficient (Wildman–Crippen LogP) is 5.06. The van der Waals surface area contributed by atoms with E-state index in [1.807, 2.05) is 6.07 Å². The lowest BCUT2D eigenvalue weighted by molar-refractivity contribution is 0.229. The number of fused-ring (bicyclic) bond motifs is 1. The third kappa shape index (κ3) is 4.09. The minimum Gasteiger partial charge on any atom is -0.396 e. The van der Waals surface area contributed by atoms with Gasteiger partial charge in [0.1, 0.15) is 16.6 Å². The van der Waals surface area contributed by atoms with Crippen molar-refractivity contribution >= 4 is 33.2 Å². The second-order valence-electron chi connectivity index (χ2n) is 8.56. The normalized spacial score (nSPS) is 21.6. The molecule has 1 aromatic carbocycles. The minimum absolute atomic E-state index is 0.276. The number of para-hydroxylation sites is 1. The van der Waals surface area contributed by atoms with Crippen molar-refractivity contribution in [3.63, 3.8) is 0 Å². The molecule has 3 N–H and O–H groups in total. The number of nitrogens with one attached hydrogen (secondary N) is 2. The van der Waals surface area contributed by atoms with E-state index in [0.717, 1.165) is 59.4 Å². The molecule has 2 saturated carbocycles. The molecule has 0 spiro atoms. The Kier molecular flexibility index (Phi) is 5.14. The fourth-order valence-corrected chi connectivity index (χ4v) is 5.33. The van der Waals surface area contributed by atoms with Crippen LogP contribution in [0.1, 0.15) is 37.7 Å². The van der Waals surface area contributed by atoms with Crippen LogP contribution in [-0.4, -0.2) is 34.3 Å². The maximum Gasteiger partial charge on any atom is 0.139 e. The van der Waals surface area contributed by atoms with E-state index >= 15 is 0 Å². The second kappa shape index (κ2) is 7.92. The summed E-state index contributed by atoms with van der Waals surface area (Å²) >= 11 is 1.72. The molecule has 3 aromatic rings. The maximum absolute atomic E-state index is 9.52. The summed E-state index contributed by atoms with van der Waals surface area (Å²) < 4.78 is 1.20. The summed E-state index contributed by atoms with van der Waals surface area (Å²) in [6.07, 6.45) is 5.79. The van der Waals surface area contributed by atoms with Gasteiger partial charge in [-0.25, -0.2) is 9.97 Å². The van der Waals surface area contributed by atoms with Crippen LogP contribution < -0.4 is 10.6 Å². The van der Waals surface area contributed by atoms with E-state index in [1.54, 1.807) is 11.3 Å². The summed E-state index contributed by atoms with van der Waals surface area (Å²) in [4.78, 5) is 9.88. The molecule has 29 heavy (non-hydrogen) atoms. The predicted molar refractivity (Wildman–Crippen MR) is 121 cm³/mol. The van der Waals surface area contributed by atoms with E-state index in [0.29, 0.717) is 12.0 Å². The smallest absolute Gasteiger partial charge is 0.139 e. The molecule has 0 amide bonds. The van der Waals surface area contributed by atoms with Crippen molar-refractivity contribution in [2.24, 2.45) is 11.8 Å². The molecule has 2 aromatic heterocycles. The number of benzene rings is 1. The summed E-state index contributed by atoms with van der Waals surface area (Å²) in [5, 5.41) is 17.8. The first-order valence-electron chi connectivity index (χ1n) is 10.7. The van der Waals surface area contributed by atoms with Crippen molar-refractivity contribution in [1.82, 2.24) is 9.97 Å². The fourth-order valence-electron chi connectivity index (χ4n) is 4.25. The Morgan fingerprint density at radius 3 is 2.69 bits per heavy atom. The van der Waals surface area contributed by atoms with Crippen LogP contribution in [0, 0.1) is 18.8 Å². The van der Waals surface area contributed by atoms with Crippen LogP contribution in [0.2, 0.25) is 0 Å². The molecule has 2 aliphatic rings. The number of thiazole rings is 1. The average Bonchev–Trinajstić information content (AvgIpc) is 3.27. The molecule has 152 valence electrons. The molecule has 2 unspecified atom stereocenters. The number of rotatable bonds is 7. The van der Waals surface area contributed by atoms with Gasteiger partial charge >= 0.3 is 0 Å². The van der Waals surface area contributed by atoms with Gasteiger partial charge in [0.05, 0.1) is 15.8 Å². The first-order valence-corrected chi connectivity index (χ1v) is 11.5. The zero-order chi connectivity index (χ0) is 19.8. The summed E-state index contributed by atoms with van der Waals surface area (Å²) in [6, 6.07) is 10.8. The molecule has 6 heteroatoms. The molecule has 5 rings (SSSR count). The molecular formula is C23H28N4OS.